The molecule has 238 valence electrons. The van der Waals surface area contributed by atoms with Crippen LogP contribution in [0.25, 0.3) is 0 Å². The number of hydrogen-bond donors (Lipinski definition) is 5. The van der Waals surface area contributed by atoms with Gasteiger partial charge in [-0.15, -0.1) is 0 Å². The second-order valence-electron chi connectivity index (χ2n) is 7.07. The minimum Gasteiger partial charge on any atom is -0.475 e. The van der Waals surface area contributed by atoms with Crippen molar-refractivity contribution >= 4 is 23.8 Å². The van der Waals surface area contributed by atoms with Crippen molar-refractivity contribution < 1.29 is 82.1 Å². The van der Waals surface area contributed by atoms with E-state index in [9.17, 15) is 62.3 Å². The Hall–Kier alpha value is -2.88. The van der Waals surface area contributed by atoms with Gasteiger partial charge in [-0.25, -0.2) is 9.59 Å². The van der Waals surface area contributed by atoms with E-state index in [4.69, 9.17) is 25.5 Å². The Morgan fingerprint density at radius 2 is 0.825 bits per heavy atom. The Bertz CT molecular complexity index is 720. The molecule has 0 fully saturated rings. The molecule has 0 aliphatic rings. The number of amides is 2. The highest BCUT2D eigenvalue weighted by molar-refractivity contribution is 6.00. The molecule has 0 aromatic rings. The molecule has 10 nitrogen and oxygen atoms in total. The summed E-state index contributed by atoms with van der Waals surface area (Å²) < 4.78 is 137. The lowest BCUT2D eigenvalue weighted by Crippen LogP contribution is -2.50. The number of hydrogen-bond acceptors (Lipinski definition) is 7. The van der Waals surface area contributed by atoms with Crippen molar-refractivity contribution in [1.82, 2.24) is 15.5 Å². The fraction of sp³-hybridized carbons (Fsp3) is 0.778. The number of nitrogens with one attached hydrogen (secondary N) is 2. The van der Waals surface area contributed by atoms with Gasteiger partial charge in [0.2, 0.25) is 0 Å². The number of imide groups is 1. The predicted octanol–water partition coefficient (Wildman–Crippen LogP) is 2.43. The zero-order valence-electron chi connectivity index (χ0n) is 20.2. The molecule has 0 aliphatic carbocycles. The molecular formula is C18H26F12N4O6. The molecule has 0 heterocycles. The van der Waals surface area contributed by atoms with Crippen LogP contribution in [0.4, 0.5) is 52.7 Å². The maximum absolute atomic E-state index is 12.3. The van der Waals surface area contributed by atoms with Gasteiger partial charge in [-0.3, -0.25) is 14.5 Å². The van der Waals surface area contributed by atoms with E-state index in [1.165, 1.54) is 0 Å². The lowest BCUT2D eigenvalue weighted by molar-refractivity contribution is -0.204. The summed E-state index contributed by atoms with van der Waals surface area (Å²) >= 11 is 0. The van der Waals surface area contributed by atoms with Gasteiger partial charge < -0.3 is 26.6 Å². The van der Waals surface area contributed by atoms with Gasteiger partial charge in [-0.05, 0) is 58.4 Å². The molecule has 0 aromatic heterocycles. The van der Waals surface area contributed by atoms with Crippen LogP contribution < -0.4 is 16.4 Å². The van der Waals surface area contributed by atoms with Crippen LogP contribution in [0.2, 0.25) is 0 Å². The number of carbonyl (C=O) groups excluding carboxylic acids is 2. The lowest BCUT2D eigenvalue weighted by Gasteiger charge is -2.22. The highest BCUT2D eigenvalue weighted by Gasteiger charge is 2.51. The predicted molar refractivity (Wildman–Crippen MR) is 109 cm³/mol. The van der Waals surface area contributed by atoms with E-state index in [-0.39, 0.29) is 13.0 Å². The Morgan fingerprint density at radius 3 is 1.07 bits per heavy atom. The van der Waals surface area contributed by atoms with Crippen molar-refractivity contribution in [2.75, 3.05) is 39.3 Å². The number of nitrogens with two attached hydrogens (primary N) is 1. The molecule has 0 unspecified atom stereocenters. The summed E-state index contributed by atoms with van der Waals surface area (Å²) in [5, 5.41) is 20.2. The van der Waals surface area contributed by atoms with Crippen molar-refractivity contribution in [2.45, 2.75) is 50.4 Å². The number of carboxylic acid groups (broad SMARTS) is 2. The topological polar surface area (TPSA) is 162 Å². The molecule has 0 radical (unpaired) electrons. The first-order valence-electron chi connectivity index (χ1n) is 10.6. The summed E-state index contributed by atoms with van der Waals surface area (Å²) in [6.07, 6.45) is -19.0. The molecule has 0 bridgehead atoms. The number of rotatable bonds is 12. The summed E-state index contributed by atoms with van der Waals surface area (Å²) in [5.74, 6) is -11.1. The smallest absolute Gasteiger partial charge is 0.475 e. The molecule has 0 aliphatic heterocycles. The monoisotopic (exact) mass is 622 g/mol. The van der Waals surface area contributed by atoms with Gasteiger partial charge in [0.15, 0.2) is 0 Å². The van der Waals surface area contributed by atoms with Crippen molar-refractivity contribution in [3.05, 3.63) is 0 Å². The first-order valence-corrected chi connectivity index (χ1v) is 10.6. The molecular weight excluding hydrogens is 596 g/mol. The summed E-state index contributed by atoms with van der Waals surface area (Å²) in [6, 6.07) is 0. The van der Waals surface area contributed by atoms with Gasteiger partial charge in [0.1, 0.15) is 0 Å². The van der Waals surface area contributed by atoms with Crippen LogP contribution in [0.1, 0.15) is 25.7 Å². The Morgan fingerprint density at radius 1 is 0.550 bits per heavy atom. The molecule has 6 N–H and O–H groups in total. The summed E-state index contributed by atoms with van der Waals surface area (Å²) in [5.41, 5.74) is 5.32. The van der Waals surface area contributed by atoms with Crippen LogP contribution in [0, 0.1) is 0 Å². The van der Waals surface area contributed by atoms with Crippen LogP contribution in [0.5, 0.6) is 0 Å². The van der Waals surface area contributed by atoms with Crippen LogP contribution in [0.3, 0.4) is 0 Å². The van der Waals surface area contributed by atoms with E-state index in [1.807, 2.05) is 0 Å². The molecule has 22 heteroatoms. The van der Waals surface area contributed by atoms with E-state index in [1.54, 1.807) is 0 Å². The van der Waals surface area contributed by atoms with Crippen molar-refractivity contribution in [2.24, 2.45) is 5.73 Å². The van der Waals surface area contributed by atoms with E-state index < -0.39 is 59.9 Å². The molecule has 0 saturated carbocycles. The van der Waals surface area contributed by atoms with E-state index in [0.717, 1.165) is 32.4 Å². The number of carbonyl (C=O) groups is 4. The summed E-state index contributed by atoms with van der Waals surface area (Å²) in [4.78, 5) is 39.0. The fourth-order valence-electron chi connectivity index (χ4n) is 1.94. The van der Waals surface area contributed by atoms with E-state index >= 15 is 0 Å². The number of halogens is 12. The van der Waals surface area contributed by atoms with Crippen LogP contribution >= 0.6 is 0 Å². The fourth-order valence-corrected chi connectivity index (χ4v) is 1.94. The molecule has 0 rings (SSSR count). The second kappa shape index (κ2) is 19.2. The zero-order valence-corrected chi connectivity index (χ0v) is 20.2. The second-order valence-corrected chi connectivity index (χ2v) is 7.07. The minimum atomic E-state index is -5.55. The Kier molecular flexibility index (Phi) is 20.0. The average molecular weight is 622 g/mol. The Balaban J connectivity index is -0.000000795. The van der Waals surface area contributed by atoms with Gasteiger partial charge in [0.25, 0.3) is 0 Å². The average Bonchev–Trinajstić information content (AvgIpc) is 2.77. The maximum atomic E-state index is 12.3. The third kappa shape index (κ3) is 23.0. The first kappa shape index (κ1) is 41.6. The molecule has 0 saturated heterocycles. The largest absolute Gasteiger partial charge is 0.490 e. The van der Waals surface area contributed by atoms with Gasteiger partial charge in [-0.1, -0.05) is 0 Å². The lowest BCUT2D eigenvalue weighted by atomic mass is 10.3. The SMILES string of the molecule is NCCCNCCCCNCCCN(C(=O)C(F)(F)F)C(=O)C(F)(F)F.O=C(O)C(F)(F)F.O=C(O)C(F)(F)F. The number of aliphatic carboxylic acids is 2. The zero-order chi connectivity index (χ0) is 32.4. The first-order chi connectivity index (χ1) is 17.9. The third-order valence-corrected chi connectivity index (χ3v) is 3.71. The molecule has 2 amide bonds. The molecule has 0 aromatic carbocycles. The Labute approximate surface area is 217 Å². The van der Waals surface area contributed by atoms with Gasteiger partial charge in [-0.2, -0.15) is 52.7 Å². The van der Waals surface area contributed by atoms with Gasteiger partial charge in [0, 0.05) is 6.54 Å². The number of nitrogens with zero attached hydrogens (tertiary/aromatic N) is 1. The van der Waals surface area contributed by atoms with Crippen LogP contribution in [0.15, 0.2) is 0 Å². The standard InChI is InChI=1S/C14H24F6N4O2.2C2HF3O2/c15-13(16,17)11(25)24(12(26)14(18,19)20)10-4-9-23-7-2-1-6-22-8-3-5-21;2*3-2(4,5)1(6)7/h22-23H,1-10,21H2;2*(H,6,7). The maximum Gasteiger partial charge on any atom is 0.490 e. The van der Waals surface area contributed by atoms with Gasteiger partial charge >= 0.3 is 48.5 Å². The molecule has 40 heavy (non-hydrogen) atoms. The van der Waals surface area contributed by atoms with Gasteiger partial charge in [0.05, 0.1) is 0 Å². The van der Waals surface area contributed by atoms with Crippen LogP contribution in [-0.4, -0.2) is 103 Å². The van der Waals surface area contributed by atoms with Crippen molar-refractivity contribution in [3.8, 4) is 0 Å². The normalized spacial score (nSPS) is 11.9. The summed E-state index contributed by atoms with van der Waals surface area (Å²) in [6.45, 7) is 1.80. The van der Waals surface area contributed by atoms with Crippen LogP contribution in [-0.2, 0) is 19.2 Å². The van der Waals surface area contributed by atoms with Crippen molar-refractivity contribution in [3.63, 3.8) is 0 Å². The highest BCUT2D eigenvalue weighted by Crippen LogP contribution is 2.24. The van der Waals surface area contributed by atoms with E-state index in [0.29, 0.717) is 13.1 Å². The highest BCUT2D eigenvalue weighted by atomic mass is 19.4. The van der Waals surface area contributed by atoms with Crippen molar-refractivity contribution in [1.29, 1.82) is 0 Å². The quantitative estimate of drug-likeness (QED) is 0.163. The number of alkyl halides is 12. The molecule has 0 atom stereocenters. The summed E-state index contributed by atoms with van der Waals surface area (Å²) in [7, 11) is 0. The number of carboxylic acids is 2. The van der Waals surface area contributed by atoms with E-state index in [2.05, 4.69) is 10.6 Å². The third-order valence-electron chi connectivity index (χ3n) is 3.71. The number of unbranched alkanes of at least 4 members (excludes halogenated alkanes) is 1. The minimum absolute atomic E-state index is 0.0768. The molecule has 0 spiro atoms.